The smallest absolute Gasteiger partial charge is 0.325 e. The molecule has 0 rings (SSSR count). The number of aliphatic carboxylic acids is 2. The van der Waals surface area contributed by atoms with Gasteiger partial charge in [-0.1, -0.05) is 0 Å². The molecule has 9 nitrogen and oxygen atoms in total. The molecule has 126 valence electrons. The molecule has 0 radical (unpaired) electrons. The third-order valence-corrected chi connectivity index (χ3v) is 3.35. The average Bonchev–Trinajstić information content (AvgIpc) is 2.41. The quantitative estimate of drug-likeness (QED) is 0.326. The van der Waals surface area contributed by atoms with E-state index in [4.69, 9.17) is 15.9 Å². The van der Waals surface area contributed by atoms with Crippen molar-refractivity contribution in [3.05, 3.63) is 0 Å². The van der Waals surface area contributed by atoms with Crippen molar-refractivity contribution in [1.29, 1.82) is 0 Å². The summed E-state index contributed by atoms with van der Waals surface area (Å²) in [6, 6.07) is -3.35. The zero-order chi connectivity index (χ0) is 17.3. The van der Waals surface area contributed by atoms with Gasteiger partial charge < -0.3 is 26.6 Å². The molecule has 22 heavy (non-hydrogen) atoms. The number of hydrogen-bond donors (Lipinski definition) is 5. The van der Waals surface area contributed by atoms with Gasteiger partial charge in [0.15, 0.2) is 0 Å². The molecule has 0 aromatic heterocycles. The molecule has 0 spiro atoms. The number of carboxylic acids is 2. The van der Waals surface area contributed by atoms with Gasteiger partial charge in [-0.05, 0) is 25.4 Å². The SMILES string of the molecule is CSCCC(NC(=O)C(N)CC(=O)O)C(=O)NC(C)C(=O)O. The molecule has 0 saturated heterocycles. The van der Waals surface area contributed by atoms with Crippen molar-refractivity contribution in [2.75, 3.05) is 12.0 Å². The minimum atomic E-state index is -1.28. The van der Waals surface area contributed by atoms with Gasteiger partial charge in [-0.15, -0.1) is 0 Å². The molecule has 0 heterocycles. The summed E-state index contributed by atoms with van der Waals surface area (Å²) in [7, 11) is 0. The van der Waals surface area contributed by atoms with Gasteiger partial charge in [0.2, 0.25) is 11.8 Å². The molecule has 0 saturated carbocycles. The first-order valence-electron chi connectivity index (χ1n) is 6.48. The Morgan fingerprint density at radius 2 is 1.73 bits per heavy atom. The largest absolute Gasteiger partial charge is 0.481 e. The highest BCUT2D eigenvalue weighted by molar-refractivity contribution is 7.98. The van der Waals surface area contributed by atoms with Gasteiger partial charge in [-0.3, -0.25) is 19.2 Å². The first-order valence-corrected chi connectivity index (χ1v) is 7.88. The first-order chi connectivity index (χ1) is 10.2. The second kappa shape index (κ2) is 10.0. The number of nitrogens with one attached hydrogen (secondary N) is 2. The normalized spacial score (nSPS) is 14.5. The Balaban J connectivity index is 4.75. The predicted molar refractivity (Wildman–Crippen MR) is 80.4 cm³/mol. The number of carbonyl (C=O) groups excluding carboxylic acids is 2. The van der Waals surface area contributed by atoms with Gasteiger partial charge in [0.1, 0.15) is 12.1 Å². The van der Waals surface area contributed by atoms with Crippen LogP contribution in [0.2, 0.25) is 0 Å². The summed E-state index contributed by atoms with van der Waals surface area (Å²) in [4.78, 5) is 45.0. The van der Waals surface area contributed by atoms with Crippen molar-refractivity contribution >= 4 is 35.5 Å². The molecule has 0 aliphatic carbocycles. The molecule has 10 heteroatoms. The Hall–Kier alpha value is -1.81. The van der Waals surface area contributed by atoms with Crippen molar-refractivity contribution in [3.8, 4) is 0 Å². The number of hydrogen-bond acceptors (Lipinski definition) is 6. The van der Waals surface area contributed by atoms with Crippen LogP contribution in [0.3, 0.4) is 0 Å². The van der Waals surface area contributed by atoms with Crippen molar-refractivity contribution in [2.24, 2.45) is 5.73 Å². The lowest BCUT2D eigenvalue weighted by atomic mass is 10.1. The van der Waals surface area contributed by atoms with E-state index >= 15 is 0 Å². The van der Waals surface area contributed by atoms with E-state index in [1.54, 1.807) is 0 Å². The number of carbonyl (C=O) groups is 4. The van der Waals surface area contributed by atoms with Crippen LogP contribution in [-0.2, 0) is 19.2 Å². The van der Waals surface area contributed by atoms with Crippen LogP contribution in [0.5, 0.6) is 0 Å². The van der Waals surface area contributed by atoms with Crippen LogP contribution in [0.25, 0.3) is 0 Å². The van der Waals surface area contributed by atoms with Crippen LogP contribution in [-0.4, -0.2) is 64.1 Å². The highest BCUT2D eigenvalue weighted by Crippen LogP contribution is 2.03. The molecule has 0 aliphatic rings. The summed E-state index contributed by atoms with van der Waals surface area (Å²) in [5.41, 5.74) is 5.42. The molecule has 3 atom stereocenters. The summed E-state index contributed by atoms with van der Waals surface area (Å²) in [5, 5.41) is 22.0. The van der Waals surface area contributed by atoms with Crippen LogP contribution in [0.15, 0.2) is 0 Å². The van der Waals surface area contributed by atoms with Crippen LogP contribution in [0.1, 0.15) is 19.8 Å². The standard InChI is InChI=1S/C12H21N3O6S/c1-6(12(20)21)14-11(19)8(3-4-22-2)15-10(18)7(13)5-9(16)17/h6-8H,3-5,13H2,1-2H3,(H,14,19)(H,15,18)(H,16,17)(H,20,21). The highest BCUT2D eigenvalue weighted by Gasteiger charge is 2.26. The van der Waals surface area contributed by atoms with E-state index in [-0.39, 0.29) is 6.42 Å². The van der Waals surface area contributed by atoms with E-state index in [0.717, 1.165) is 0 Å². The van der Waals surface area contributed by atoms with E-state index in [0.29, 0.717) is 5.75 Å². The second-order valence-electron chi connectivity index (χ2n) is 4.62. The van der Waals surface area contributed by atoms with Crippen molar-refractivity contribution in [2.45, 2.75) is 37.9 Å². The van der Waals surface area contributed by atoms with Gasteiger partial charge >= 0.3 is 11.9 Å². The van der Waals surface area contributed by atoms with Crippen LogP contribution in [0.4, 0.5) is 0 Å². The number of amides is 2. The lowest BCUT2D eigenvalue weighted by Crippen LogP contribution is -2.54. The van der Waals surface area contributed by atoms with E-state index in [1.165, 1.54) is 18.7 Å². The zero-order valence-corrected chi connectivity index (χ0v) is 13.2. The zero-order valence-electron chi connectivity index (χ0n) is 12.4. The number of nitrogens with two attached hydrogens (primary N) is 1. The summed E-state index contributed by atoms with van der Waals surface area (Å²) < 4.78 is 0. The van der Waals surface area contributed by atoms with E-state index < -0.39 is 48.3 Å². The van der Waals surface area contributed by atoms with Gasteiger partial charge in [-0.25, -0.2) is 0 Å². The molecule has 0 bridgehead atoms. The molecular weight excluding hydrogens is 314 g/mol. The fraction of sp³-hybridized carbons (Fsp3) is 0.667. The molecular formula is C12H21N3O6S. The molecule has 6 N–H and O–H groups in total. The van der Waals surface area contributed by atoms with Crippen molar-refractivity contribution < 1.29 is 29.4 Å². The molecule has 0 aliphatic heterocycles. The number of rotatable bonds is 10. The van der Waals surface area contributed by atoms with Gasteiger partial charge in [0, 0.05) is 0 Å². The van der Waals surface area contributed by atoms with Crippen LogP contribution >= 0.6 is 11.8 Å². The monoisotopic (exact) mass is 335 g/mol. The first kappa shape index (κ1) is 20.2. The molecule has 0 aromatic rings. The van der Waals surface area contributed by atoms with E-state index in [1.807, 2.05) is 6.26 Å². The Bertz CT molecular complexity index is 431. The lowest BCUT2D eigenvalue weighted by molar-refractivity contribution is -0.142. The van der Waals surface area contributed by atoms with Gasteiger partial charge in [0.05, 0.1) is 12.5 Å². The summed E-state index contributed by atoms with van der Waals surface area (Å²) in [6.07, 6.45) is 1.52. The Morgan fingerprint density at radius 3 is 2.18 bits per heavy atom. The van der Waals surface area contributed by atoms with Crippen molar-refractivity contribution in [3.63, 3.8) is 0 Å². The maximum Gasteiger partial charge on any atom is 0.325 e. The topological polar surface area (TPSA) is 159 Å². The molecule has 3 unspecified atom stereocenters. The fourth-order valence-corrected chi connectivity index (χ4v) is 1.91. The maximum atomic E-state index is 12.0. The minimum absolute atomic E-state index is 0.269. The highest BCUT2D eigenvalue weighted by atomic mass is 32.2. The second-order valence-corrected chi connectivity index (χ2v) is 5.60. The maximum absolute atomic E-state index is 12.0. The Labute approximate surface area is 132 Å². The van der Waals surface area contributed by atoms with Crippen LogP contribution in [0, 0.1) is 0 Å². The van der Waals surface area contributed by atoms with Gasteiger partial charge in [0.25, 0.3) is 0 Å². The fourth-order valence-electron chi connectivity index (χ4n) is 1.44. The average molecular weight is 335 g/mol. The van der Waals surface area contributed by atoms with E-state index in [9.17, 15) is 19.2 Å². The predicted octanol–water partition coefficient (Wildman–Crippen LogP) is -1.38. The molecule has 0 aromatic carbocycles. The summed E-state index contributed by atoms with van der Waals surface area (Å²) in [5.74, 6) is -3.31. The third kappa shape index (κ3) is 7.84. The molecule has 2 amide bonds. The lowest BCUT2D eigenvalue weighted by Gasteiger charge is -2.21. The number of thioether (sulfide) groups is 1. The summed E-state index contributed by atoms with van der Waals surface area (Å²) >= 11 is 1.45. The van der Waals surface area contributed by atoms with E-state index in [2.05, 4.69) is 10.6 Å². The Morgan fingerprint density at radius 1 is 1.14 bits per heavy atom. The third-order valence-electron chi connectivity index (χ3n) is 2.70. The Kier molecular flexibility index (Phi) is 9.18. The number of carboxylic acid groups (broad SMARTS) is 2. The summed E-state index contributed by atoms with van der Waals surface area (Å²) in [6.45, 7) is 1.30. The minimum Gasteiger partial charge on any atom is -0.481 e. The van der Waals surface area contributed by atoms with Crippen molar-refractivity contribution in [1.82, 2.24) is 10.6 Å². The van der Waals surface area contributed by atoms with Gasteiger partial charge in [-0.2, -0.15) is 11.8 Å². The van der Waals surface area contributed by atoms with Crippen LogP contribution < -0.4 is 16.4 Å². The molecule has 0 fully saturated rings.